The molecule has 0 aliphatic carbocycles. The molecule has 0 aromatic heterocycles. The standard InChI is InChI=1S/C30H28O4/c1-31-28-19-25(20-29(30(28)32-2)34-22-24-13-7-4-8-14-24)17-18-26-15-9-10-16-27(26)33-21-23-11-5-3-6-12-23/h3-20H,21-22H2,1-2H3/b18-17+. The second-order valence-electron chi connectivity index (χ2n) is 7.67. The zero-order chi connectivity index (χ0) is 23.6. The molecule has 0 spiro atoms. The van der Waals surface area contributed by atoms with E-state index in [2.05, 4.69) is 12.1 Å². The topological polar surface area (TPSA) is 36.9 Å². The normalized spacial score (nSPS) is 10.8. The second-order valence-corrected chi connectivity index (χ2v) is 7.67. The van der Waals surface area contributed by atoms with Crippen LogP contribution in [0.3, 0.4) is 0 Å². The Kier molecular flexibility index (Phi) is 7.86. The van der Waals surface area contributed by atoms with Crippen molar-refractivity contribution in [3.8, 4) is 23.0 Å². The van der Waals surface area contributed by atoms with E-state index < -0.39 is 0 Å². The number of hydrogen-bond donors (Lipinski definition) is 0. The number of methoxy groups -OCH3 is 2. The minimum atomic E-state index is 0.434. The van der Waals surface area contributed by atoms with Crippen LogP contribution < -0.4 is 18.9 Å². The summed E-state index contributed by atoms with van der Waals surface area (Å²) in [4.78, 5) is 0. The van der Waals surface area contributed by atoms with E-state index in [-0.39, 0.29) is 0 Å². The number of hydrogen-bond acceptors (Lipinski definition) is 4. The lowest BCUT2D eigenvalue weighted by Crippen LogP contribution is -2.00. The Morgan fingerprint density at radius 2 is 1.12 bits per heavy atom. The first kappa shape index (κ1) is 23.0. The molecule has 0 heterocycles. The highest BCUT2D eigenvalue weighted by Gasteiger charge is 2.13. The van der Waals surface area contributed by atoms with Crippen LogP contribution in [-0.4, -0.2) is 14.2 Å². The lowest BCUT2D eigenvalue weighted by Gasteiger charge is -2.15. The van der Waals surface area contributed by atoms with Crippen LogP contribution in [0.25, 0.3) is 12.2 Å². The van der Waals surface area contributed by atoms with Crippen molar-refractivity contribution in [1.82, 2.24) is 0 Å². The molecule has 0 bridgehead atoms. The summed E-state index contributed by atoms with van der Waals surface area (Å²) in [6, 6.07) is 32.0. The summed E-state index contributed by atoms with van der Waals surface area (Å²) in [5, 5.41) is 0. The number of para-hydroxylation sites is 1. The van der Waals surface area contributed by atoms with Crippen molar-refractivity contribution < 1.29 is 18.9 Å². The van der Waals surface area contributed by atoms with Gasteiger partial charge in [0.1, 0.15) is 19.0 Å². The fourth-order valence-electron chi connectivity index (χ4n) is 3.56. The largest absolute Gasteiger partial charge is 0.493 e. The Balaban J connectivity index is 1.55. The van der Waals surface area contributed by atoms with Crippen LogP contribution in [0, 0.1) is 0 Å². The highest BCUT2D eigenvalue weighted by atomic mass is 16.5. The van der Waals surface area contributed by atoms with E-state index in [1.165, 1.54) is 0 Å². The highest BCUT2D eigenvalue weighted by molar-refractivity contribution is 5.75. The Morgan fingerprint density at radius 3 is 1.74 bits per heavy atom. The first-order chi connectivity index (χ1) is 16.8. The van der Waals surface area contributed by atoms with E-state index in [0.717, 1.165) is 28.0 Å². The van der Waals surface area contributed by atoms with Gasteiger partial charge in [-0.1, -0.05) is 91.0 Å². The fourth-order valence-corrected chi connectivity index (χ4v) is 3.56. The Labute approximate surface area is 201 Å². The quantitative estimate of drug-likeness (QED) is 0.242. The van der Waals surface area contributed by atoms with Gasteiger partial charge in [0.15, 0.2) is 11.5 Å². The molecule has 4 rings (SSSR count). The van der Waals surface area contributed by atoms with Gasteiger partial charge in [-0.3, -0.25) is 0 Å². The van der Waals surface area contributed by atoms with E-state index in [9.17, 15) is 0 Å². The van der Waals surface area contributed by atoms with Crippen LogP contribution in [0.15, 0.2) is 97.1 Å². The van der Waals surface area contributed by atoms with Gasteiger partial charge in [-0.2, -0.15) is 0 Å². The highest BCUT2D eigenvalue weighted by Crippen LogP contribution is 2.39. The van der Waals surface area contributed by atoms with Crippen molar-refractivity contribution >= 4 is 12.2 Å². The van der Waals surface area contributed by atoms with Gasteiger partial charge in [0.25, 0.3) is 0 Å². The third kappa shape index (κ3) is 5.99. The molecule has 0 saturated heterocycles. The van der Waals surface area contributed by atoms with Gasteiger partial charge < -0.3 is 18.9 Å². The number of benzene rings is 4. The summed E-state index contributed by atoms with van der Waals surface area (Å²) in [5.74, 6) is 2.63. The Hall–Kier alpha value is -4.18. The molecule has 4 aromatic rings. The molecule has 0 atom stereocenters. The van der Waals surface area contributed by atoms with Gasteiger partial charge in [-0.15, -0.1) is 0 Å². The zero-order valence-electron chi connectivity index (χ0n) is 19.4. The smallest absolute Gasteiger partial charge is 0.203 e. The molecular formula is C30H28O4. The SMILES string of the molecule is COc1cc(/C=C/c2ccccc2OCc2ccccc2)cc(OCc2ccccc2)c1OC. The molecule has 0 saturated carbocycles. The zero-order valence-corrected chi connectivity index (χ0v) is 19.4. The number of ether oxygens (including phenoxy) is 4. The van der Waals surface area contributed by atoms with E-state index in [1.807, 2.05) is 97.1 Å². The molecule has 34 heavy (non-hydrogen) atoms. The third-order valence-electron chi connectivity index (χ3n) is 5.32. The lowest BCUT2D eigenvalue weighted by molar-refractivity contribution is 0.275. The maximum atomic E-state index is 6.10. The monoisotopic (exact) mass is 452 g/mol. The number of rotatable bonds is 10. The molecule has 0 N–H and O–H groups in total. The van der Waals surface area contributed by atoms with Crippen molar-refractivity contribution in [1.29, 1.82) is 0 Å². The van der Waals surface area contributed by atoms with E-state index >= 15 is 0 Å². The summed E-state index contributed by atoms with van der Waals surface area (Å²) in [6.45, 7) is 0.948. The molecular weight excluding hydrogens is 424 g/mol. The molecule has 0 aliphatic rings. The molecule has 172 valence electrons. The van der Waals surface area contributed by atoms with Gasteiger partial charge in [0.2, 0.25) is 5.75 Å². The average molecular weight is 453 g/mol. The first-order valence-electron chi connectivity index (χ1n) is 11.1. The minimum Gasteiger partial charge on any atom is -0.493 e. The van der Waals surface area contributed by atoms with Gasteiger partial charge in [0.05, 0.1) is 14.2 Å². The van der Waals surface area contributed by atoms with Gasteiger partial charge in [-0.05, 0) is 34.9 Å². The molecule has 0 fully saturated rings. The first-order valence-corrected chi connectivity index (χ1v) is 11.1. The van der Waals surface area contributed by atoms with Crippen molar-refractivity contribution in [2.45, 2.75) is 13.2 Å². The van der Waals surface area contributed by atoms with Gasteiger partial charge in [-0.25, -0.2) is 0 Å². The molecule has 0 amide bonds. The summed E-state index contributed by atoms with van der Waals surface area (Å²) in [5.41, 5.74) is 4.12. The van der Waals surface area contributed by atoms with Crippen molar-refractivity contribution in [3.63, 3.8) is 0 Å². The third-order valence-corrected chi connectivity index (χ3v) is 5.32. The van der Waals surface area contributed by atoms with Gasteiger partial charge in [0, 0.05) is 5.56 Å². The van der Waals surface area contributed by atoms with E-state index in [0.29, 0.717) is 30.5 Å². The summed E-state index contributed by atoms with van der Waals surface area (Å²) < 4.78 is 23.3. The summed E-state index contributed by atoms with van der Waals surface area (Å²) in [7, 11) is 3.24. The molecule has 0 aliphatic heterocycles. The maximum Gasteiger partial charge on any atom is 0.203 e. The molecule has 4 aromatic carbocycles. The molecule has 0 radical (unpaired) electrons. The van der Waals surface area contributed by atoms with Crippen LogP contribution in [0.1, 0.15) is 22.3 Å². The van der Waals surface area contributed by atoms with Crippen LogP contribution in [0.4, 0.5) is 0 Å². The average Bonchev–Trinajstić information content (AvgIpc) is 2.90. The lowest BCUT2D eigenvalue weighted by atomic mass is 10.1. The van der Waals surface area contributed by atoms with Crippen LogP contribution in [-0.2, 0) is 13.2 Å². The van der Waals surface area contributed by atoms with Crippen molar-refractivity contribution in [2.24, 2.45) is 0 Å². The van der Waals surface area contributed by atoms with E-state index in [1.54, 1.807) is 14.2 Å². The second kappa shape index (κ2) is 11.6. The Bertz CT molecular complexity index is 1220. The molecule has 4 heteroatoms. The van der Waals surface area contributed by atoms with Gasteiger partial charge >= 0.3 is 0 Å². The minimum absolute atomic E-state index is 0.434. The van der Waals surface area contributed by atoms with E-state index in [4.69, 9.17) is 18.9 Å². The van der Waals surface area contributed by atoms with Crippen LogP contribution in [0.5, 0.6) is 23.0 Å². The Morgan fingerprint density at radius 1 is 0.559 bits per heavy atom. The predicted molar refractivity (Wildman–Crippen MR) is 136 cm³/mol. The maximum absolute atomic E-state index is 6.10. The summed E-state index contributed by atoms with van der Waals surface area (Å²) in [6.07, 6.45) is 4.05. The van der Waals surface area contributed by atoms with Crippen LogP contribution in [0.2, 0.25) is 0 Å². The molecule has 0 unspecified atom stereocenters. The molecule has 4 nitrogen and oxygen atoms in total. The van der Waals surface area contributed by atoms with Crippen molar-refractivity contribution in [2.75, 3.05) is 14.2 Å². The summed E-state index contributed by atoms with van der Waals surface area (Å²) >= 11 is 0. The van der Waals surface area contributed by atoms with Crippen molar-refractivity contribution in [3.05, 3.63) is 119 Å². The fraction of sp³-hybridized carbons (Fsp3) is 0.133. The predicted octanol–water partition coefficient (Wildman–Crippen LogP) is 7.03. The van der Waals surface area contributed by atoms with Crippen LogP contribution >= 0.6 is 0 Å².